The molecule has 0 fully saturated rings. The molecule has 0 aliphatic carbocycles. The summed E-state index contributed by atoms with van der Waals surface area (Å²) in [7, 11) is 0. The van der Waals surface area contributed by atoms with Gasteiger partial charge in [-0.3, -0.25) is 0 Å². The van der Waals surface area contributed by atoms with Crippen LogP contribution in [0, 0.1) is 6.92 Å². The first-order valence-electron chi connectivity index (χ1n) is 6.42. The van der Waals surface area contributed by atoms with Crippen LogP contribution in [-0.2, 0) is 5.75 Å². The van der Waals surface area contributed by atoms with Crippen molar-refractivity contribution < 1.29 is 0 Å². The predicted octanol–water partition coefficient (Wildman–Crippen LogP) is 4.17. The molecule has 0 bridgehead atoms. The van der Waals surface area contributed by atoms with Gasteiger partial charge in [-0.1, -0.05) is 42.0 Å². The Kier molecular flexibility index (Phi) is 5.97. The van der Waals surface area contributed by atoms with Crippen LogP contribution in [0.5, 0.6) is 0 Å². The van der Waals surface area contributed by atoms with Gasteiger partial charge in [-0.05, 0) is 33.3 Å². The fraction of sp³-hybridized carbons (Fsp3) is 0.500. The van der Waals surface area contributed by atoms with E-state index in [1.54, 1.807) is 0 Å². The minimum atomic E-state index is 0.171. The summed E-state index contributed by atoms with van der Waals surface area (Å²) in [5.74, 6) is 2.09. The fourth-order valence-corrected chi connectivity index (χ4v) is 2.46. The molecule has 0 heterocycles. The Morgan fingerprint density at radius 2 is 2.06 bits per heavy atom. The lowest BCUT2D eigenvalue weighted by atomic mass is 10.1. The van der Waals surface area contributed by atoms with Gasteiger partial charge in [0.15, 0.2) is 0 Å². The quantitative estimate of drug-likeness (QED) is 0.773. The van der Waals surface area contributed by atoms with E-state index in [1.165, 1.54) is 16.7 Å². The molecule has 1 aromatic rings. The van der Waals surface area contributed by atoms with Gasteiger partial charge >= 0.3 is 0 Å². The minimum Gasteiger partial charge on any atom is -0.308 e. The Bertz CT molecular complexity index is 390. The zero-order valence-corrected chi connectivity index (χ0v) is 12.9. The largest absolute Gasteiger partial charge is 0.308 e. The van der Waals surface area contributed by atoms with Gasteiger partial charge in [-0.2, -0.15) is 11.8 Å². The van der Waals surface area contributed by atoms with Crippen LogP contribution in [0.2, 0.25) is 0 Å². The molecule has 0 aliphatic rings. The van der Waals surface area contributed by atoms with E-state index in [2.05, 4.69) is 63.9 Å². The summed E-state index contributed by atoms with van der Waals surface area (Å²) in [5.41, 5.74) is 4.17. The summed E-state index contributed by atoms with van der Waals surface area (Å²) in [6.07, 6.45) is 0. The first-order valence-corrected chi connectivity index (χ1v) is 7.57. The highest BCUT2D eigenvalue weighted by Gasteiger charge is 2.08. The second-order valence-corrected chi connectivity index (χ2v) is 6.82. The molecular weight excluding hydrogens is 238 g/mol. The molecule has 1 nitrogen and oxygen atoms in total. The molecular formula is C16H25NS. The summed E-state index contributed by atoms with van der Waals surface area (Å²) in [5, 5.41) is 3.47. The van der Waals surface area contributed by atoms with Crippen molar-refractivity contribution >= 4 is 11.8 Å². The van der Waals surface area contributed by atoms with E-state index in [0.29, 0.717) is 0 Å². The summed E-state index contributed by atoms with van der Waals surface area (Å²) in [6, 6.07) is 8.71. The summed E-state index contributed by atoms with van der Waals surface area (Å²) < 4.78 is 0. The molecule has 0 aliphatic heterocycles. The highest BCUT2D eigenvalue weighted by atomic mass is 32.2. The predicted molar refractivity (Wildman–Crippen MR) is 84.2 cm³/mol. The van der Waals surface area contributed by atoms with Crippen molar-refractivity contribution in [2.24, 2.45) is 0 Å². The fourth-order valence-electron chi connectivity index (χ4n) is 1.56. The highest BCUT2D eigenvalue weighted by molar-refractivity contribution is 7.98. The van der Waals surface area contributed by atoms with Crippen molar-refractivity contribution in [1.82, 2.24) is 5.32 Å². The average Bonchev–Trinajstić information content (AvgIpc) is 2.25. The normalized spacial score (nSPS) is 11.6. The van der Waals surface area contributed by atoms with Gasteiger partial charge in [0.2, 0.25) is 0 Å². The minimum absolute atomic E-state index is 0.171. The second kappa shape index (κ2) is 7.01. The Hall–Kier alpha value is -0.730. The molecule has 1 aromatic carbocycles. The van der Waals surface area contributed by atoms with E-state index in [4.69, 9.17) is 0 Å². The number of thioether (sulfide) groups is 1. The molecule has 0 spiro atoms. The maximum atomic E-state index is 4.12. The lowest BCUT2D eigenvalue weighted by molar-refractivity contribution is 0.445. The molecule has 100 valence electrons. The zero-order chi connectivity index (χ0) is 13.6. The molecule has 0 aromatic heterocycles. The molecule has 0 atom stereocenters. The first kappa shape index (κ1) is 15.3. The van der Waals surface area contributed by atoms with E-state index in [-0.39, 0.29) is 5.54 Å². The number of hydrogen-bond donors (Lipinski definition) is 1. The van der Waals surface area contributed by atoms with Crippen molar-refractivity contribution in [3.05, 3.63) is 47.5 Å². The van der Waals surface area contributed by atoms with Crippen molar-refractivity contribution in [2.75, 3.05) is 12.3 Å². The Balaban J connectivity index is 2.23. The van der Waals surface area contributed by atoms with Crippen LogP contribution in [0.4, 0.5) is 0 Å². The van der Waals surface area contributed by atoms with E-state index in [9.17, 15) is 0 Å². The van der Waals surface area contributed by atoms with Crippen LogP contribution in [0.3, 0.4) is 0 Å². The van der Waals surface area contributed by atoms with Crippen molar-refractivity contribution in [2.45, 2.75) is 39.0 Å². The molecule has 0 saturated heterocycles. The second-order valence-electron chi connectivity index (χ2n) is 5.84. The van der Waals surface area contributed by atoms with Crippen LogP contribution < -0.4 is 5.32 Å². The van der Waals surface area contributed by atoms with E-state index in [1.807, 2.05) is 11.8 Å². The van der Waals surface area contributed by atoms with Crippen LogP contribution in [0.1, 0.15) is 31.9 Å². The first-order chi connectivity index (χ1) is 8.37. The Morgan fingerprint density at radius 1 is 1.33 bits per heavy atom. The molecule has 18 heavy (non-hydrogen) atoms. The van der Waals surface area contributed by atoms with E-state index < -0.39 is 0 Å². The molecule has 1 N–H and O–H groups in total. The van der Waals surface area contributed by atoms with Gasteiger partial charge in [0, 0.05) is 23.6 Å². The average molecular weight is 263 g/mol. The molecule has 0 amide bonds. The lowest BCUT2D eigenvalue weighted by Crippen LogP contribution is -2.37. The van der Waals surface area contributed by atoms with Crippen molar-refractivity contribution in [3.63, 3.8) is 0 Å². The number of aryl methyl sites for hydroxylation is 1. The lowest BCUT2D eigenvalue weighted by Gasteiger charge is -2.21. The molecule has 2 heteroatoms. The van der Waals surface area contributed by atoms with Crippen LogP contribution in [-0.4, -0.2) is 17.8 Å². The number of rotatable bonds is 6. The van der Waals surface area contributed by atoms with Crippen molar-refractivity contribution in [3.8, 4) is 0 Å². The van der Waals surface area contributed by atoms with Gasteiger partial charge in [0.1, 0.15) is 0 Å². The third-order valence-electron chi connectivity index (χ3n) is 2.53. The topological polar surface area (TPSA) is 12.0 Å². The Morgan fingerprint density at radius 3 is 2.67 bits per heavy atom. The SMILES string of the molecule is C=C(CNC(C)(C)C)CSCc1cccc(C)c1. The number of hydrogen-bond acceptors (Lipinski definition) is 2. The standard InChI is InChI=1S/C16H25NS/c1-13-7-6-8-15(9-13)12-18-11-14(2)10-17-16(3,4)5/h6-9,17H,2,10-12H2,1,3-5H3. The van der Waals surface area contributed by atoms with Gasteiger partial charge in [-0.15, -0.1) is 0 Å². The molecule has 0 unspecified atom stereocenters. The van der Waals surface area contributed by atoms with Gasteiger partial charge in [0.25, 0.3) is 0 Å². The van der Waals surface area contributed by atoms with E-state index >= 15 is 0 Å². The maximum absolute atomic E-state index is 4.12. The van der Waals surface area contributed by atoms with Crippen LogP contribution >= 0.6 is 11.8 Å². The van der Waals surface area contributed by atoms with Gasteiger partial charge < -0.3 is 5.32 Å². The van der Waals surface area contributed by atoms with Crippen LogP contribution in [0.25, 0.3) is 0 Å². The van der Waals surface area contributed by atoms with Gasteiger partial charge in [0.05, 0.1) is 0 Å². The zero-order valence-electron chi connectivity index (χ0n) is 12.0. The molecule has 1 rings (SSSR count). The molecule has 0 radical (unpaired) electrons. The smallest absolute Gasteiger partial charge is 0.0187 e. The van der Waals surface area contributed by atoms with E-state index in [0.717, 1.165) is 18.1 Å². The van der Waals surface area contributed by atoms with Gasteiger partial charge in [-0.25, -0.2) is 0 Å². The summed E-state index contributed by atoms with van der Waals surface area (Å²) in [6.45, 7) is 13.7. The number of benzene rings is 1. The summed E-state index contributed by atoms with van der Waals surface area (Å²) >= 11 is 1.93. The third-order valence-corrected chi connectivity index (χ3v) is 3.68. The van der Waals surface area contributed by atoms with Crippen LogP contribution in [0.15, 0.2) is 36.4 Å². The van der Waals surface area contributed by atoms with Crippen molar-refractivity contribution in [1.29, 1.82) is 0 Å². The monoisotopic (exact) mass is 263 g/mol. The third kappa shape index (κ3) is 6.87. The Labute approximate surface area is 116 Å². The number of nitrogens with one attached hydrogen (secondary N) is 1. The molecule has 0 saturated carbocycles. The highest BCUT2D eigenvalue weighted by Crippen LogP contribution is 2.15. The summed E-state index contributed by atoms with van der Waals surface area (Å²) in [4.78, 5) is 0. The maximum Gasteiger partial charge on any atom is 0.0187 e.